The molecule has 0 unspecified atom stereocenters. The van der Waals surface area contributed by atoms with Crippen molar-refractivity contribution in [3.05, 3.63) is 59.5 Å². The van der Waals surface area contributed by atoms with Gasteiger partial charge in [0.05, 0.1) is 12.8 Å². The SMILES string of the molecule is OCc1ccc(CNc2ccc(F)cn2)cc1. The van der Waals surface area contributed by atoms with E-state index in [-0.39, 0.29) is 12.4 Å². The minimum atomic E-state index is -0.345. The van der Waals surface area contributed by atoms with Crippen molar-refractivity contribution < 1.29 is 9.50 Å². The molecule has 0 aliphatic carbocycles. The van der Waals surface area contributed by atoms with Crippen LogP contribution in [0.3, 0.4) is 0 Å². The molecule has 1 aromatic heterocycles. The zero-order chi connectivity index (χ0) is 12.1. The van der Waals surface area contributed by atoms with Gasteiger partial charge in [-0.3, -0.25) is 0 Å². The molecule has 0 aliphatic heterocycles. The first-order valence-corrected chi connectivity index (χ1v) is 5.32. The Balaban J connectivity index is 1.95. The maximum absolute atomic E-state index is 12.6. The number of hydrogen-bond acceptors (Lipinski definition) is 3. The normalized spacial score (nSPS) is 10.2. The van der Waals surface area contributed by atoms with E-state index in [1.54, 1.807) is 6.07 Å². The Morgan fingerprint density at radius 1 is 1.06 bits per heavy atom. The molecule has 0 saturated carbocycles. The number of nitrogens with zero attached hydrogens (tertiary/aromatic N) is 1. The number of aliphatic hydroxyl groups excluding tert-OH is 1. The van der Waals surface area contributed by atoms with Gasteiger partial charge in [-0.1, -0.05) is 24.3 Å². The fourth-order valence-electron chi connectivity index (χ4n) is 1.44. The lowest BCUT2D eigenvalue weighted by Crippen LogP contribution is -2.01. The number of benzene rings is 1. The van der Waals surface area contributed by atoms with E-state index in [1.807, 2.05) is 24.3 Å². The lowest BCUT2D eigenvalue weighted by molar-refractivity contribution is 0.282. The van der Waals surface area contributed by atoms with Crippen LogP contribution in [0.5, 0.6) is 0 Å². The largest absolute Gasteiger partial charge is 0.392 e. The molecule has 2 rings (SSSR count). The van der Waals surface area contributed by atoms with Crippen molar-refractivity contribution in [2.75, 3.05) is 5.32 Å². The molecule has 0 radical (unpaired) electrons. The second kappa shape index (κ2) is 5.41. The van der Waals surface area contributed by atoms with Crippen LogP contribution in [-0.4, -0.2) is 10.1 Å². The fourth-order valence-corrected chi connectivity index (χ4v) is 1.44. The monoisotopic (exact) mass is 232 g/mol. The zero-order valence-corrected chi connectivity index (χ0v) is 9.23. The van der Waals surface area contributed by atoms with E-state index < -0.39 is 0 Å². The Bertz CT molecular complexity index is 468. The van der Waals surface area contributed by atoms with Gasteiger partial charge in [-0.15, -0.1) is 0 Å². The topological polar surface area (TPSA) is 45.1 Å². The van der Waals surface area contributed by atoms with Crippen molar-refractivity contribution in [2.24, 2.45) is 0 Å². The molecule has 4 heteroatoms. The molecule has 2 aromatic rings. The highest BCUT2D eigenvalue weighted by Gasteiger charge is 1.96. The van der Waals surface area contributed by atoms with Crippen LogP contribution in [0.15, 0.2) is 42.6 Å². The molecule has 0 fully saturated rings. The van der Waals surface area contributed by atoms with Crippen molar-refractivity contribution in [2.45, 2.75) is 13.2 Å². The number of hydrogen-bond donors (Lipinski definition) is 2. The van der Waals surface area contributed by atoms with Crippen molar-refractivity contribution in [1.82, 2.24) is 4.98 Å². The Morgan fingerprint density at radius 3 is 2.35 bits per heavy atom. The van der Waals surface area contributed by atoms with Crippen LogP contribution in [-0.2, 0) is 13.2 Å². The van der Waals surface area contributed by atoms with E-state index in [0.717, 1.165) is 11.1 Å². The number of pyridine rings is 1. The van der Waals surface area contributed by atoms with Crippen molar-refractivity contribution in [1.29, 1.82) is 0 Å². The second-order valence-electron chi connectivity index (χ2n) is 3.69. The third-order valence-corrected chi connectivity index (χ3v) is 2.41. The van der Waals surface area contributed by atoms with Gasteiger partial charge >= 0.3 is 0 Å². The highest BCUT2D eigenvalue weighted by Crippen LogP contribution is 2.08. The maximum Gasteiger partial charge on any atom is 0.141 e. The average molecular weight is 232 g/mol. The lowest BCUT2D eigenvalue weighted by Gasteiger charge is -2.06. The van der Waals surface area contributed by atoms with Gasteiger partial charge in [0, 0.05) is 6.54 Å². The summed E-state index contributed by atoms with van der Waals surface area (Å²) in [6.07, 6.45) is 1.18. The summed E-state index contributed by atoms with van der Waals surface area (Å²) in [5.41, 5.74) is 1.96. The first kappa shape index (κ1) is 11.5. The molecule has 2 N–H and O–H groups in total. The van der Waals surface area contributed by atoms with Crippen LogP contribution in [0.25, 0.3) is 0 Å². The molecule has 88 valence electrons. The highest BCUT2D eigenvalue weighted by atomic mass is 19.1. The molecular formula is C13H13FN2O. The molecular weight excluding hydrogens is 219 g/mol. The summed E-state index contributed by atoms with van der Waals surface area (Å²) in [6.45, 7) is 0.664. The predicted molar refractivity (Wildman–Crippen MR) is 63.9 cm³/mol. The smallest absolute Gasteiger partial charge is 0.141 e. The third-order valence-electron chi connectivity index (χ3n) is 2.41. The van der Waals surface area contributed by atoms with Gasteiger partial charge in [0.25, 0.3) is 0 Å². The molecule has 0 bridgehead atoms. The number of nitrogens with one attached hydrogen (secondary N) is 1. The Morgan fingerprint density at radius 2 is 1.76 bits per heavy atom. The summed E-state index contributed by atoms with van der Waals surface area (Å²) < 4.78 is 12.6. The van der Waals surface area contributed by atoms with Crippen LogP contribution in [0.4, 0.5) is 10.2 Å². The maximum atomic E-state index is 12.6. The predicted octanol–water partition coefficient (Wildman–Crippen LogP) is 2.33. The molecule has 0 saturated heterocycles. The van der Waals surface area contributed by atoms with E-state index in [4.69, 9.17) is 5.11 Å². The second-order valence-corrected chi connectivity index (χ2v) is 3.69. The Hall–Kier alpha value is -1.94. The van der Waals surface area contributed by atoms with E-state index in [9.17, 15) is 4.39 Å². The average Bonchev–Trinajstić information content (AvgIpc) is 2.39. The van der Waals surface area contributed by atoms with Gasteiger partial charge in [-0.05, 0) is 23.3 Å². The van der Waals surface area contributed by atoms with Gasteiger partial charge < -0.3 is 10.4 Å². The summed E-state index contributed by atoms with van der Waals surface area (Å²) in [6, 6.07) is 10.6. The summed E-state index contributed by atoms with van der Waals surface area (Å²) in [5, 5.41) is 12.0. The molecule has 1 aromatic carbocycles. The first-order chi connectivity index (χ1) is 8.28. The molecule has 0 aliphatic rings. The van der Waals surface area contributed by atoms with Crippen LogP contribution >= 0.6 is 0 Å². The molecule has 0 spiro atoms. The number of aromatic nitrogens is 1. The number of rotatable bonds is 4. The zero-order valence-electron chi connectivity index (χ0n) is 9.23. The summed E-state index contributed by atoms with van der Waals surface area (Å²) in [4.78, 5) is 3.90. The molecule has 1 heterocycles. The summed E-state index contributed by atoms with van der Waals surface area (Å²) in [7, 11) is 0. The van der Waals surface area contributed by atoms with E-state index in [1.165, 1.54) is 12.3 Å². The number of aliphatic hydroxyl groups is 1. The number of anilines is 1. The van der Waals surface area contributed by atoms with Gasteiger partial charge in [-0.2, -0.15) is 0 Å². The molecule has 17 heavy (non-hydrogen) atoms. The van der Waals surface area contributed by atoms with Crippen LogP contribution in [0, 0.1) is 5.82 Å². The van der Waals surface area contributed by atoms with Crippen molar-refractivity contribution in [3.63, 3.8) is 0 Å². The van der Waals surface area contributed by atoms with E-state index in [0.29, 0.717) is 12.4 Å². The van der Waals surface area contributed by atoms with Gasteiger partial charge in [0.2, 0.25) is 0 Å². The quantitative estimate of drug-likeness (QED) is 0.850. The first-order valence-electron chi connectivity index (χ1n) is 5.32. The van der Waals surface area contributed by atoms with Crippen LogP contribution in [0.1, 0.15) is 11.1 Å². The lowest BCUT2D eigenvalue weighted by atomic mass is 10.1. The Kier molecular flexibility index (Phi) is 3.67. The minimum absolute atomic E-state index is 0.0488. The molecule has 0 atom stereocenters. The van der Waals surface area contributed by atoms with Crippen molar-refractivity contribution in [3.8, 4) is 0 Å². The Labute approximate surface area is 98.9 Å². The highest BCUT2D eigenvalue weighted by molar-refractivity contribution is 5.35. The van der Waals surface area contributed by atoms with Crippen molar-refractivity contribution >= 4 is 5.82 Å². The van der Waals surface area contributed by atoms with E-state index in [2.05, 4.69) is 10.3 Å². The summed E-state index contributed by atoms with van der Waals surface area (Å²) >= 11 is 0. The molecule has 0 amide bonds. The molecule has 3 nitrogen and oxygen atoms in total. The van der Waals surface area contributed by atoms with Gasteiger partial charge in [0.1, 0.15) is 11.6 Å². The fraction of sp³-hybridized carbons (Fsp3) is 0.154. The standard InChI is InChI=1S/C13H13FN2O/c14-12-5-6-13(16-8-12)15-7-10-1-3-11(9-17)4-2-10/h1-6,8,17H,7,9H2,(H,15,16). The van der Waals surface area contributed by atoms with Gasteiger partial charge in [0.15, 0.2) is 0 Å². The summed E-state index contributed by atoms with van der Waals surface area (Å²) in [5.74, 6) is 0.292. The third kappa shape index (κ3) is 3.26. The number of halogens is 1. The minimum Gasteiger partial charge on any atom is -0.392 e. The van der Waals surface area contributed by atoms with Crippen LogP contribution < -0.4 is 5.32 Å². The van der Waals surface area contributed by atoms with Gasteiger partial charge in [-0.25, -0.2) is 9.37 Å². The van der Waals surface area contributed by atoms with E-state index >= 15 is 0 Å². The van der Waals surface area contributed by atoms with Crippen LogP contribution in [0.2, 0.25) is 0 Å².